The fraction of sp³-hybridized carbons (Fsp3) is 0.231. The largest absolute Gasteiger partial charge is 0.388 e. The van der Waals surface area contributed by atoms with Gasteiger partial charge in [-0.25, -0.2) is 9.97 Å². The molecule has 0 atom stereocenters. The van der Waals surface area contributed by atoms with Gasteiger partial charge in [0.1, 0.15) is 5.65 Å². The molecule has 0 saturated heterocycles. The molecule has 0 unspecified atom stereocenters. The SMILES string of the molecule is C=C(C(=C)c1cc2c(-n3cnc(C)c3)ccnc2[nH]1)/C(=C\C=C(/C)C1=CCNCC1)NC. The van der Waals surface area contributed by atoms with Crippen LogP contribution in [0, 0.1) is 6.92 Å². The van der Waals surface area contributed by atoms with E-state index in [1.807, 2.05) is 37.1 Å². The fourth-order valence-electron chi connectivity index (χ4n) is 3.91. The molecule has 0 aromatic carbocycles. The van der Waals surface area contributed by atoms with Crippen molar-refractivity contribution < 1.29 is 0 Å². The van der Waals surface area contributed by atoms with Gasteiger partial charge in [0.15, 0.2) is 0 Å². The Morgan fingerprint density at radius 3 is 2.78 bits per heavy atom. The molecule has 1 aliphatic heterocycles. The lowest BCUT2D eigenvalue weighted by atomic mass is 9.99. The molecule has 6 heteroatoms. The molecular formula is C26H30N6. The standard InChI is InChI=1S/C26H30N6/c1-17(21-8-11-28-12-9-21)6-7-23(27-5)19(3)20(4)24-14-22-25(10-13-29-26(22)31-24)32-15-18(2)30-16-32/h6-8,10,13-16,27-28H,3-4,9,11-12H2,1-2,5H3,(H,29,31)/b17-6+,23-7+. The van der Waals surface area contributed by atoms with E-state index in [-0.39, 0.29) is 0 Å². The summed E-state index contributed by atoms with van der Waals surface area (Å²) in [5.41, 5.74) is 8.94. The first-order valence-electron chi connectivity index (χ1n) is 10.8. The van der Waals surface area contributed by atoms with Crippen molar-refractivity contribution in [2.75, 3.05) is 20.1 Å². The predicted octanol–water partition coefficient (Wildman–Crippen LogP) is 4.60. The number of aromatic amines is 1. The van der Waals surface area contributed by atoms with Crippen LogP contribution < -0.4 is 10.6 Å². The van der Waals surface area contributed by atoms with Crippen molar-refractivity contribution in [3.63, 3.8) is 0 Å². The third-order valence-electron chi connectivity index (χ3n) is 5.85. The first-order valence-corrected chi connectivity index (χ1v) is 10.8. The van der Waals surface area contributed by atoms with E-state index in [0.29, 0.717) is 0 Å². The Morgan fingerprint density at radius 1 is 1.25 bits per heavy atom. The lowest BCUT2D eigenvalue weighted by molar-refractivity contribution is 0.707. The fourth-order valence-corrected chi connectivity index (χ4v) is 3.91. The number of aryl methyl sites for hydroxylation is 1. The van der Waals surface area contributed by atoms with E-state index in [0.717, 1.165) is 64.5 Å². The highest BCUT2D eigenvalue weighted by molar-refractivity contribution is 5.91. The lowest BCUT2D eigenvalue weighted by Crippen LogP contribution is -2.20. The van der Waals surface area contributed by atoms with E-state index in [9.17, 15) is 0 Å². The van der Waals surface area contributed by atoms with Crippen LogP contribution in [-0.4, -0.2) is 39.7 Å². The van der Waals surface area contributed by atoms with E-state index in [2.05, 4.69) is 70.0 Å². The Morgan fingerprint density at radius 2 is 2.09 bits per heavy atom. The summed E-state index contributed by atoms with van der Waals surface area (Å²) in [6.07, 6.45) is 13.2. The zero-order valence-corrected chi connectivity index (χ0v) is 19.0. The molecule has 6 nitrogen and oxygen atoms in total. The van der Waals surface area contributed by atoms with Crippen molar-refractivity contribution in [3.05, 3.63) is 96.0 Å². The van der Waals surface area contributed by atoms with Crippen LogP contribution in [0.1, 0.15) is 24.7 Å². The molecule has 0 spiro atoms. The van der Waals surface area contributed by atoms with E-state index in [1.54, 1.807) is 6.20 Å². The molecule has 4 rings (SSSR count). The zero-order valence-electron chi connectivity index (χ0n) is 19.0. The number of fused-ring (bicyclic) bond motifs is 1. The Balaban J connectivity index is 1.61. The van der Waals surface area contributed by atoms with Gasteiger partial charge in [-0.1, -0.05) is 25.3 Å². The molecule has 0 aliphatic carbocycles. The van der Waals surface area contributed by atoms with E-state index < -0.39 is 0 Å². The summed E-state index contributed by atoms with van der Waals surface area (Å²) >= 11 is 0. The summed E-state index contributed by atoms with van der Waals surface area (Å²) in [5, 5.41) is 7.63. The summed E-state index contributed by atoms with van der Waals surface area (Å²) in [4.78, 5) is 12.2. The van der Waals surface area contributed by atoms with Crippen molar-refractivity contribution in [2.45, 2.75) is 20.3 Å². The minimum Gasteiger partial charge on any atom is -0.388 e. The summed E-state index contributed by atoms with van der Waals surface area (Å²) in [6, 6.07) is 4.06. The van der Waals surface area contributed by atoms with Crippen molar-refractivity contribution in [3.8, 4) is 5.69 Å². The lowest BCUT2D eigenvalue weighted by Gasteiger charge is -2.15. The minimum atomic E-state index is 0.807. The average Bonchev–Trinajstić information content (AvgIpc) is 3.45. The van der Waals surface area contributed by atoms with Gasteiger partial charge in [0.25, 0.3) is 0 Å². The number of nitrogens with one attached hydrogen (secondary N) is 3. The molecule has 0 bridgehead atoms. The highest BCUT2D eigenvalue weighted by Crippen LogP contribution is 2.29. The highest BCUT2D eigenvalue weighted by atomic mass is 15.0. The molecule has 0 amide bonds. The Hall–Kier alpha value is -3.64. The van der Waals surface area contributed by atoms with Gasteiger partial charge >= 0.3 is 0 Å². The number of H-pyrrole nitrogens is 1. The second-order valence-electron chi connectivity index (χ2n) is 8.02. The predicted molar refractivity (Wildman–Crippen MR) is 133 cm³/mol. The number of rotatable bonds is 7. The maximum atomic E-state index is 4.50. The molecule has 0 radical (unpaired) electrons. The average molecular weight is 427 g/mol. The van der Waals surface area contributed by atoms with Crippen LogP contribution in [0.5, 0.6) is 0 Å². The normalized spacial score (nSPS) is 15.0. The molecule has 4 heterocycles. The summed E-state index contributed by atoms with van der Waals surface area (Å²) < 4.78 is 2.01. The van der Waals surface area contributed by atoms with Crippen LogP contribution in [-0.2, 0) is 0 Å². The number of nitrogens with zero attached hydrogens (tertiary/aromatic N) is 3. The Kier molecular flexibility index (Phi) is 6.23. The minimum absolute atomic E-state index is 0.807. The highest BCUT2D eigenvalue weighted by Gasteiger charge is 2.14. The first kappa shape index (κ1) is 21.6. The van der Waals surface area contributed by atoms with Gasteiger partial charge in [0, 0.05) is 42.8 Å². The van der Waals surface area contributed by atoms with Gasteiger partial charge in [-0.2, -0.15) is 0 Å². The van der Waals surface area contributed by atoms with E-state index >= 15 is 0 Å². The first-order chi connectivity index (χ1) is 15.5. The van der Waals surface area contributed by atoms with Crippen molar-refractivity contribution >= 4 is 16.6 Å². The molecular weight excluding hydrogens is 396 g/mol. The van der Waals surface area contributed by atoms with Crippen LogP contribution >= 0.6 is 0 Å². The van der Waals surface area contributed by atoms with Crippen LogP contribution in [0.3, 0.4) is 0 Å². The summed E-state index contributed by atoms with van der Waals surface area (Å²) in [7, 11) is 1.91. The van der Waals surface area contributed by atoms with Crippen molar-refractivity contribution in [1.82, 2.24) is 30.2 Å². The third-order valence-corrected chi connectivity index (χ3v) is 5.85. The smallest absolute Gasteiger partial charge is 0.139 e. The second kappa shape index (κ2) is 9.24. The van der Waals surface area contributed by atoms with Gasteiger partial charge < -0.3 is 20.2 Å². The number of pyridine rings is 1. The van der Waals surface area contributed by atoms with E-state index in [4.69, 9.17) is 0 Å². The van der Waals surface area contributed by atoms with Gasteiger partial charge in [-0.3, -0.25) is 0 Å². The molecule has 3 N–H and O–H groups in total. The number of likely N-dealkylation sites (N-methyl/N-ethyl adjacent to an activating group) is 1. The van der Waals surface area contributed by atoms with Crippen LogP contribution in [0.4, 0.5) is 0 Å². The van der Waals surface area contributed by atoms with Crippen LogP contribution in [0.25, 0.3) is 22.3 Å². The molecule has 0 fully saturated rings. The second-order valence-corrected chi connectivity index (χ2v) is 8.02. The number of allylic oxidation sites excluding steroid dienone is 4. The third kappa shape index (κ3) is 4.36. The maximum Gasteiger partial charge on any atom is 0.139 e. The van der Waals surface area contributed by atoms with Gasteiger partial charge in [-0.05, 0) is 67.3 Å². The van der Waals surface area contributed by atoms with Gasteiger partial charge in [0.05, 0.1) is 17.7 Å². The molecule has 1 aliphatic rings. The zero-order chi connectivity index (χ0) is 22.7. The van der Waals surface area contributed by atoms with Crippen molar-refractivity contribution in [1.29, 1.82) is 0 Å². The van der Waals surface area contributed by atoms with Crippen LogP contribution in [0.15, 0.2) is 84.7 Å². The molecule has 3 aromatic heterocycles. The maximum absolute atomic E-state index is 4.50. The topological polar surface area (TPSA) is 70.6 Å². The summed E-state index contributed by atoms with van der Waals surface area (Å²) in [6.45, 7) is 14.7. The molecule has 3 aromatic rings. The number of aromatic nitrogens is 4. The number of hydrogen-bond acceptors (Lipinski definition) is 4. The monoisotopic (exact) mass is 426 g/mol. The van der Waals surface area contributed by atoms with Gasteiger partial charge in [-0.15, -0.1) is 0 Å². The Bertz CT molecular complexity index is 1260. The van der Waals surface area contributed by atoms with Crippen molar-refractivity contribution in [2.24, 2.45) is 0 Å². The van der Waals surface area contributed by atoms with Crippen LogP contribution in [0.2, 0.25) is 0 Å². The molecule has 164 valence electrons. The number of imidazole rings is 1. The number of hydrogen-bond donors (Lipinski definition) is 3. The Labute approximate surface area is 189 Å². The quantitative estimate of drug-likeness (QED) is 0.483. The van der Waals surface area contributed by atoms with E-state index in [1.165, 1.54) is 11.1 Å². The molecule has 0 saturated carbocycles. The summed E-state index contributed by atoms with van der Waals surface area (Å²) in [5.74, 6) is 0. The molecule has 32 heavy (non-hydrogen) atoms. The van der Waals surface area contributed by atoms with Gasteiger partial charge in [0.2, 0.25) is 0 Å².